The summed E-state index contributed by atoms with van der Waals surface area (Å²) >= 11 is 6.21. The lowest BCUT2D eigenvalue weighted by atomic mass is 10.2. The van der Waals surface area contributed by atoms with Crippen molar-refractivity contribution >= 4 is 22.6 Å². The van der Waals surface area contributed by atoms with Crippen LogP contribution in [0.15, 0.2) is 42.5 Å². The van der Waals surface area contributed by atoms with Gasteiger partial charge in [-0.05, 0) is 24.3 Å². The molecule has 0 aliphatic heterocycles. The van der Waals surface area contributed by atoms with Gasteiger partial charge in [-0.1, -0.05) is 29.8 Å². The van der Waals surface area contributed by atoms with Crippen molar-refractivity contribution in [3.05, 3.63) is 58.9 Å². The monoisotopic (exact) mass is 301 g/mol. The number of methoxy groups -OCH3 is 1. The molecule has 0 saturated carbocycles. The molecule has 2 N–H and O–H groups in total. The van der Waals surface area contributed by atoms with Crippen LogP contribution >= 0.6 is 11.6 Å². The molecular formula is C16H16ClN3O. The van der Waals surface area contributed by atoms with Crippen LogP contribution < -0.4 is 10.1 Å². The number of H-pyrrole nitrogens is 1. The van der Waals surface area contributed by atoms with E-state index in [-0.39, 0.29) is 0 Å². The molecule has 108 valence electrons. The fourth-order valence-corrected chi connectivity index (χ4v) is 2.53. The molecule has 0 bridgehead atoms. The largest absolute Gasteiger partial charge is 0.496 e. The number of aromatic amines is 1. The van der Waals surface area contributed by atoms with Gasteiger partial charge in [-0.2, -0.15) is 0 Å². The number of rotatable bonds is 5. The molecule has 1 aromatic heterocycles. The van der Waals surface area contributed by atoms with Crippen molar-refractivity contribution in [1.82, 2.24) is 15.3 Å². The zero-order valence-corrected chi connectivity index (χ0v) is 12.4. The van der Waals surface area contributed by atoms with Gasteiger partial charge < -0.3 is 15.0 Å². The predicted octanol–water partition coefficient (Wildman–Crippen LogP) is 3.51. The van der Waals surface area contributed by atoms with Gasteiger partial charge in [0.15, 0.2) is 0 Å². The van der Waals surface area contributed by atoms with Crippen LogP contribution in [0.1, 0.15) is 11.4 Å². The summed E-state index contributed by atoms with van der Waals surface area (Å²) in [7, 11) is 1.65. The third kappa shape index (κ3) is 3.01. The van der Waals surface area contributed by atoms with Crippen LogP contribution in [0.3, 0.4) is 0 Å². The molecule has 0 radical (unpaired) electrons. The summed E-state index contributed by atoms with van der Waals surface area (Å²) in [6, 6.07) is 13.6. The fraction of sp³-hybridized carbons (Fsp3) is 0.188. The van der Waals surface area contributed by atoms with Gasteiger partial charge in [0.1, 0.15) is 11.6 Å². The number of hydrogen-bond acceptors (Lipinski definition) is 3. The van der Waals surface area contributed by atoms with Crippen LogP contribution in [-0.2, 0) is 13.1 Å². The zero-order valence-electron chi connectivity index (χ0n) is 11.7. The number of imidazole rings is 1. The lowest BCUT2D eigenvalue weighted by molar-refractivity contribution is 0.407. The molecule has 21 heavy (non-hydrogen) atoms. The van der Waals surface area contributed by atoms with Gasteiger partial charge in [-0.15, -0.1) is 0 Å². The molecule has 2 aromatic carbocycles. The Morgan fingerprint density at radius 3 is 2.81 bits per heavy atom. The van der Waals surface area contributed by atoms with Gasteiger partial charge in [0, 0.05) is 17.1 Å². The summed E-state index contributed by atoms with van der Waals surface area (Å²) < 4.78 is 5.33. The summed E-state index contributed by atoms with van der Waals surface area (Å²) in [4.78, 5) is 7.81. The number of nitrogens with zero attached hydrogens (tertiary/aromatic N) is 1. The lowest BCUT2D eigenvalue weighted by Gasteiger charge is -2.10. The first-order valence-corrected chi connectivity index (χ1v) is 7.11. The highest BCUT2D eigenvalue weighted by atomic mass is 35.5. The van der Waals surface area contributed by atoms with Crippen LogP contribution in [0.2, 0.25) is 5.02 Å². The number of hydrogen-bond donors (Lipinski definition) is 2. The van der Waals surface area contributed by atoms with Crippen molar-refractivity contribution in [2.45, 2.75) is 13.1 Å². The minimum Gasteiger partial charge on any atom is -0.496 e. The molecule has 3 rings (SSSR count). The standard InChI is InChI=1S/C16H16ClN3O/c1-21-15-8-4-5-12(17)11(15)9-18-10-16-19-13-6-2-3-7-14(13)20-16/h2-8,18H,9-10H2,1H3,(H,19,20). The maximum absolute atomic E-state index is 6.21. The topological polar surface area (TPSA) is 49.9 Å². The molecule has 0 spiro atoms. The maximum atomic E-state index is 6.21. The molecule has 0 atom stereocenters. The van der Waals surface area contributed by atoms with Gasteiger partial charge >= 0.3 is 0 Å². The lowest BCUT2D eigenvalue weighted by Crippen LogP contribution is -2.14. The van der Waals surface area contributed by atoms with Gasteiger partial charge in [0.25, 0.3) is 0 Å². The van der Waals surface area contributed by atoms with Gasteiger partial charge in [-0.3, -0.25) is 0 Å². The Morgan fingerprint density at radius 2 is 2.00 bits per heavy atom. The van der Waals surface area contributed by atoms with Crippen molar-refractivity contribution in [3.63, 3.8) is 0 Å². The van der Waals surface area contributed by atoms with Gasteiger partial charge in [0.05, 0.1) is 24.7 Å². The summed E-state index contributed by atoms with van der Waals surface area (Å²) in [6.45, 7) is 1.27. The van der Waals surface area contributed by atoms with Crippen molar-refractivity contribution in [3.8, 4) is 5.75 Å². The first-order valence-electron chi connectivity index (χ1n) is 6.73. The van der Waals surface area contributed by atoms with Gasteiger partial charge in [0.2, 0.25) is 0 Å². The summed E-state index contributed by atoms with van der Waals surface area (Å²) in [5.41, 5.74) is 2.98. The van der Waals surface area contributed by atoms with E-state index in [1.54, 1.807) is 7.11 Å². The Balaban J connectivity index is 1.68. The Bertz CT molecular complexity index is 721. The predicted molar refractivity (Wildman–Crippen MR) is 84.6 cm³/mol. The highest BCUT2D eigenvalue weighted by molar-refractivity contribution is 6.31. The second-order valence-corrected chi connectivity index (χ2v) is 5.13. The average molecular weight is 302 g/mol. The highest BCUT2D eigenvalue weighted by Gasteiger charge is 2.08. The van der Waals surface area contributed by atoms with Crippen molar-refractivity contribution < 1.29 is 4.74 Å². The molecule has 0 saturated heterocycles. The quantitative estimate of drug-likeness (QED) is 0.758. The number of fused-ring (bicyclic) bond motifs is 1. The molecule has 0 fully saturated rings. The Hall–Kier alpha value is -2.04. The van der Waals surface area contributed by atoms with E-state index in [2.05, 4.69) is 15.3 Å². The molecule has 3 aromatic rings. The first kappa shape index (κ1) is 13.9. The first-order chi connectivity index (χ1) is 10.3. The normalized spacial score (nSPS) is 11.0. The van der Waals surface area contributed by atoms with E-state index in [0.29, 0.717) is 18.1 Å². The Morgan fingerprint density at radius 1 is 1.14 bits per heavy atom. The summed E-state index contributed by atoms with van der Waals surface area (Å²) in [5, 5.41) is 4.04. The highest BCUT2D eigenvalue weighted by Crippen LogP contribution is 2.25. The van der Waals surface area contributed by atoms with Crippen LogP contribution in [0.5, 0.6) is 5.75 Å². The van der Waals surface area contributed by atoms with E-state index >= 15 is 0 Å². The molecule has 5 heteroatoms. The molecule has 0 unspecified atom stereocenters. The van der Waals surface area contributed by atoms with E-state index in [1.807, 2.05) is 42.5 Å². The van der Waals surface area contributed by atoms with Crippen molar-refractivity contribution in [2.24, 2.45) is 0 Å². The summed E-state index contributed by atoms with van der Waals surface area (Å²) in [6.07, 6.45) is 0. The number of aromatic nitrogens is 2. The minimum atomic E-state index is 0.625. The number of halogens is 1. The van der Waals surface area contributed by atoms with E-state index in [1.165, 1.54) is 0 Å². The molecule has 0 aliphatic carbocycles. The number of nitrogens with one attached hydrogen (secondary N) is 2. The van der Waals surface area contributed by atoms with E-state index in [0.717, 1.165) is 28.2 Å². The molecule has 1 heterocycles. The Labute approximate surface area is 128 Å². The van der Waals surface area contributed by atoms with Crippen LogP contribution in [0, 0.1) is 0 Å². The van der Waals surface area contributed by atoms with E-state index in [9.17, 15) is 0 Å². The fourth-order valence-electron chi connectivity index (χ4n) is 2.30. The molecule has 0 aliphatic rings. The third-order valence-corrected chi connectivity index (χ3v) is 3.68. The molecular weight excluding hydrogens is 286 g/mol. The summed E-state index contributed by atoms with van der Waals surface area (Å²) in [5.74, 6) is 1.70. The zero-order chi connectivity index (χ0) is 14.7. The number of ether oxygens (including phenoxy) is 1. The van der Waals surface area contributed by atoms with Crippen LogP contribution in [0.4, 0.5) is 0 Å². The van der Waals surface area contributed by atoms with Gasteiger partial charge in [-0.25, -0.2) is 4.98 Å². The number of benzene rings is 2. The number of para-hydroxylation sites is 2. The van der Waals surface area contributed by atoms with Crippen LogP contribution in [0.25, 0.3) is 11.0 Å². The third-order valence-electron chi connectivity index (χ3n) is 3.33. The van der Waals surface area contributed by atoms with E-state index in [4.69, 9.17) is 16.3 Å². The molecule has 4 nitrogen and oxygen atoms in total. The smallest absolute Gasteiger partial charge is 0.124 e. The maximum Gasteiger partial charge on any atom is 0.124 e. The minimum absolute atomic E-state index is 0.625. The molecule has 0 amide bonds. The average Bonchev–Trinajstić information content (AvgIpc) is 2.91. The van der Waals surface area contributed by atoms with Crippen molar-refractivity contribution in [2.75, 3.05) is 7.11 Å². The SMILES string of the molecule is COc1cccc(Cl)c1CNCc1nc2ccccc2[nH]1. The second-order valence-electron chi connectivity index (χ2n) is 4.72. The Kier molecular flexibility index (Phi) is 4.08. The van der Waals surface area contributed by atoms with Crippen molar-refractivity contribution in [1.29, 1.82) is 0 Å². The van der Waals surface area contributed by atoms with E-state index < -0.39 is 0 Å². The van der Waals surface area contributed by atoms with Crippen LogP contribution in [-0.4, -0.2) is 17.1 Å². The second kappa shape index (κ2) is 6.16.